The molecule has 7 aromatic carbocycles. The number of nitrogens with zero attached hydrogens (tertiary/aromatic N) is 4. The largest absolute Gasteiger partial charge is 0.456 e. The highest BCUT2D eigenvalue weighted by atomic mass is 32.1. The molecule has 10 aromatic rings. The van der Waals surface area contributed by atoms with E-state index >= 15 is 0 Å². The van der Waals surface area contributed by atoms with Crippen LogP contribution in [0.4, 0.5) is 0 Å². The number of para-hydroxylation sites is 1. The number of fused-ring (bicyclic) bond motifs is 4. The Bertz CT molecular complexity index is 2880. The lowest BCUT2D eigenvalue weighted by Gasteiger charge is -2.10. The molecule has 0 atom stereocenters. The summed E-state index contributed by atoms with van der Waals surface area (Å²) in [6.07, 6.45) is 0. The Morgan fingerprint density at radius 3 is 1.79 bits per heavy atom. The minimum atomic E-state index is 0.592. The van der Waals surface area contributed by atoms with Crippen LogP contribution in [0.5, 0.6) is 0 Å². The van der Waals surface area contributed by atoms with Crippen molar-refractivity contribution in [3.8, 4) is 67.0 Å². The van der Waals surface area contributed by atoms with Crippen molar-refractivity contribution in [2.45, 2.75) is 0 Å². The van der Waals surface area contributed by atoms with Crippen molar-refractivity contribution in [2.75, 3.05) is 0 Å². The fourth-order valence-corrected chi connectivity index (χ4v) is 7.79. The number of furan rings is 1. The zero-order valence-corrected chi connectivity index (χ0v) is 28.6. The molecule has 0 unspecified atom stereocenters. The van der Waals surface area contributed by atoms with Gasteiger partial charge in [-0.2, -0.15) is 0 Å². The van der Waals surface area contributed by atoms with Gasteiger partial charge in [0, 0.05) is 33.0 Å². The van der Waals surface area contributed by atoms with Crippen LogP contribution in [0.2, 0.25) is 0 Å². The fourth-order valence-electron chi connectivity index (χ4n) is 6.83. The third kappa shape index (κ3) is 5.43. The number of aromatic nitrogens is 4. The van der Waals surface area contributed by atoms with Crippen molar-refractivity contribution in [3.05, 3.63) is 170 Å². The van der Waals surface area contributed by atoms with E-state index in [9.17, 15) is 0 Å². The van der Waals surface area contributed by atoms with Crippen LogP contribution < -0.4 is 0 Å². The monoisotopic (exact) mass is 684 g/mol. The summed E-state index contributed by atoms with van der Waals surface area (Å²) in [5.74, 6) is 1.82. The first-order valence-electron chi connectivity index (χ1n) is 17.1. The second-order valence-electron chi connectivity index (χ2n) is 12.7. The first kappa shape index (κ1) is 30.1. The van der Waals surface area contributed by atoms with Gasteiger partial charge in [-0.3, -0.25) is 0 Å². The van der Waals surface area contributed by atoms with E-state index in [0.29, 0.717) is 17.5 Å². The molecule has 0 fully saturated rings. The van der Waals surface area contributed by atoms with Crippen LogP contribution in [0.3, 0.4) is 0 Å². The Balaban J connectivity index is 1.09. The van der Waals surface area contributed by atoms with Crippen molar-refractivity contribution >= 4 is 43.5 Å². The predicted octanol–water partition coefficient (Wildman–Crippen LogP) is 12.4. The molecule has 244 valence electrons. The quantitative estimate of drug-likeness (QED) is 0.174. The van der Waals surface area contributed by atoms with Crippen molar-refractivity contribution in [3.63, 3.8) is 0 Å². The summed E-state index contributed by atoms with van der Waals surface area (Å²) in [5, 5.41) is 2.99. The van der Waals surface area contributed by atoms with Gasteiger partial charge in [-0.15, -0.1) is 11.3 Å². The minimum absolute atomic E-state index is 0.592. The average molecular weight is 685 g/mol. The normalized spacial score (nSPS) is 11.5. The highest BCUT2D eigenvalue weighted by molar-refractivity contribution is 7.21. The minimum Gasteiger partial charge on any atom is -0.456 e. The third-order valence-electron chi connectivity index (χ3n) is 9.37. The van der Waals surface area contributed by atoms with Crippen molar-refractivity contribution in [1.29, 1.82) is 0 Å². The van der Waals surface area contributed by atoms with E-state index in [2.05, 4.69) is 115 Å². The van der Waals surface area contributed by atoms with Gasteiger partial charge in [0.2, 0.25) is 0 Å². The Hall–Kier alpha value is -6.76. The Morgan fingerprint density at radius 1 is 0.385 bits per heavy atom. The van der Waals surface area contributed by atoms with Gasteiger partial charge in [-0.05, 0) is 64.7 Å². The van der Waals surface area contributed by atoms with Crippen molar-refractivity contribution < 1.29 is 4.42 Å². The summed E-state index contributed by atoms with van der Waals surface area (Å²) >= 11 is 1.71. The van der Waals surface area contributed by atoms with Gasteiger partial charge in [0.15, 0.2) is 17.5 Å². The molecule has 0 N–H and O–H groups in total. The number of benzene rings is 7. The average Bonchev–Trinajstić information content (AvgIpc) is 3.83. The highest BCUT2D eigenvalue weighted by Gasteiger charge is 2.19. The Kier molecular flexibility index (Phi) is 7.25. The van der Waals surface area contributed by atoms with E-state index in [1.54, 1.807) is 11.3 Å². The van der Waals surface area contributed by atoms with Crippen molar-refractivity contribution in [2.24, 2.45) is 0 Å². The Labute approximate surface area is 303 Å². The summed E-state index contributed by atoms with van der Waals surface area (Å²) in [6, 6.07) is 58.1. The lowest BCUT2D eigenvalue weighted by Crippen LogP contribution is -2.00. The standard InChI is InChI=1S/C46H28N4OS/c1-3-12-29(13-4-1)31-16-9-18-34(26-31)44-48-43(30-14-5-2-6-15-30)49-45(50-44)37-20-11-22-39-42(37)36-25-24-33(28-40(36)51-39)32-17-10-19-35(27-32)46-47-38-21-7-8-23-41(38)52-46/h1-28H. The molecule has 6 heteroatoms. The van der Waals surface area contributed by atoms with Crippen molar-refractivity contribution in [1.82, 2.24) is 19.9 Å². The van der Waals surface area contributed by atoms with Crippen LogP contribution in [0.25, 0.3) is 99.1 Å². The van der Waals surface area contributed by atoms with Crippen LogP contribution in [-0.2, 0) is 0 Å². The maximum Gasteiger partial charge on any atom is 0.164 e. The number of hydrogen-bond donors (Lipinski definition) is 0. The maximum absolute atomic E-state index is 6.54. The van der Waals surface area contributed by atoms with E-state index in [4.69, 9.17) is 24.4 Å². The molecular formula is C46H28N4OS. The van der Waals surface area contributed by atoms with Gasteiger partial charge in [0.05, 0.1) is 10.2 Å². The van der Waals surface area contributed by atoms with E-state index in [1.165, 1.54) is 4.70 Å². The van der Waals surface area contributed by atoms with Gasteiger partial charge in [0.25, 0.3) is 0 Å². The summed E-state index contributed by atoms with van der Waals surface area (Å²) in [7, 11) is 0. The lowest BCUT2D eigenvalue weighted by molar-refractivity contribution is 0.669. The van der Waals surface area contributed by atoms with Crippen LogP contribution in [0.1, 0.15) is 0 Å². The molecule has 0 aliphatic rings. The molecule has 0 saturated carbocycles. The highest BCUT2D eigenvalue weighted by Crippen LogP contribution is 2.39. The maximum atomic E-state index is 6.54. The van der Waals surface area contributed by atoms with E-state index in [-0.39, 0.29) is 0 Å². The van der Waals surface area contributed by atoms with Crippen LogP contribution in [-0.4, -0.2) is 19.9 Å². The smallest absolute Gasteiger partial charge is 0.164 e. The zero-order chi connectivity index (χ0) is 34.4. The first-order chi connectivity index (χ1) is 25.7. The van der Waals surface area contributed by atoms with Gasteiger partial charge in [-0.25, -0.2) is 19.9 Å². The van der Waals surface area contributed by atoms with E-state index < -0.39 is 0 Å². The number of rotatable bonds is 6. The second kappa shape index (κ2) is 12.5. The Morgan fingerprint density at radius 2 is 0.981 bits per heavy atom. The molecule has 0 spiro atoms. The molecule has 0 aliphatic heterocycles. The summed E-state index contributed by atoms with van der Waals surface area (Å²) in [5.41, 5.74) is 10.9. The van der Waals surface area contributed by atoms with Crippen LogP contribution in [0, 0.1) is 0 Å². The lowest BCUT2D eigenvalue weighted by atomic mass is 10.00. The topological polar surface area (TPSA) is 64.7 Å². The molecule has 0 bridgehead atoms. The first-order valence-corrected chi connectivity index (χ1v) is 17.9. The molecule has 0 saturated heterocycles. The van der Waals surface area contributed by atoms with Crippen LogP contribution in [0.15, 0.2) is 174 Å². The molecule has 0 aliphatic carbocycles. The third-order valence-corrected chi connectivity index (χ3v) is 10.5. The van der Waals surface area contributed by atoms with Crippen LogP contribution >= 0.6 is 11.3 Å². The SMILES string of the molecule is c1ccc(-c2cccc(-c3nc(-c4ccccc4)nc(-c4cccc5oc6cc(-c7cccc(-c8nc9ccccc9s8)c7)ccc6c45)n3)c2)cc1. The second-order valence-corrected chi connectivity index (χ2v) is 13.7. The molecule has 3 heterocycles. The van der Waals surface area contributed by atoms with Gasteiger partial charge < -0.3 is 4.42 Å². The molecule has 0 radical (unpaired) electrons. The van der Waals surface area contributed by atoms with Gasteiger partial charge in [0.1, 0.15) is 16.2 Å². The predicted molar refractivity (Wildman–Crippen MR) is 213 cm³/mol. The summed E-state index contributed by atoms with van der Waals surface area (Å²) < 4.78 is 7.73. The molecule has 3 aromatic heterocycles. The summed E-state index contributed by atoms with van der Waals surface area (Å²) in [4.78, 5) is 20.1. The van der Waals surface area contributed by atoms with Gasteiger partial charge >= 0.3 is 0 Å². The molecular weight excluding hydrogens is 657 g/mol. The number of hydrogen-bond acceptors (Lipinski definition) is 6. The van der Waals surface area contributed by atoms with E-state index in [1.807, 2.05) is 54.6 Å². The number of thiazole rings is 1. The molecule has 0 amide bonds. The summed E-state index contributed by atoms with van der Waals surface area (Å²) in [6.45, 7) is 0. The fraction of sp³-hybridized carbons (Fsp3) is 0. The molecule has 52 heavy (non-hydrogen) atoms. The molecule has 5 nitrogen and oxygen atoms in total. The van der Waals surface area contributed by atoms with Gasteiger partial charge in [-0.1, -0.05) is 127 Å². The molecule has 10 rings (SSSR count). The van der Waals surface area contributed by atoms with E-state index in [0.717, 1.165) is 77.0 Å². The zero-order valence-electron chi connectivity index (χ0n) is 27.8.